The Morgan fingerprint density at radius 2 is 2.40 bits per heavy atom. The third-order valence-electron chi connectivity index (χ3n) is 1.59. The summed E-state index contributed by atoms with van der Waals surface area (Å²) in [6.07, 6.45) is 3.31. The normalized spacial score (nSPS) is 11.5. The van der Waals surface area contributed by atoms with Crippen LogP contribution in [0.5, 0.6) is 0 Å². The molecule has 15 heavy (non-hydrogen) atoms. The van der Waals surface area contributed by atoms with Crippen LogP contribution in [-0.4, -0.2) is 28.9 Å². The lowest BCUT2D eigenvalue weighted by atomic mass is 10.4. The maximum Gasteiger partial charge on any atom is 0.218 e. The first-order valence-corrected chi connectivity index (χ1v) is 6.18. The van der Waals surface area contributed by atoms with Crippen molar-refractivity contribution in [3.63, 3.8) is 0 Å². The lowest BCUT2D eigenvalue weighted by Gasteiger charge is -2.03. The Balaban J connectivity index is 2.53. The number of thiocarbonyl (C=S) groups is 1. The Hall–Kier alpha value is -0.990. The fourth-order valence-electron chi connectivity index (χ4n) is 0.995. The van der Waals surface area contributed by atoms with Gasteiger partial charge < -0.3 is 5.73 Å². The van der Waals surface area contributed by atoms with E-state index in [1.807, 2.05) is 0 Å². The second-order valence-corrected chi connectivity index (χ2v) is 5.40. The van der Waals surface area contributed by atoms with Gasteiger partial charge >= 0.3 is 0 Å². The van der Waals surface area contributed by atoms with E-state index in [1.54, 1.807) is 24.1 Å². The summed E-state index contributed by atoms with van der Waals surface area (Å²) in [5.41, 5.74) is 5.93. The van der Waals surface area contributed by atoms with E-state index in [1.165, 1.54) is 0 Å². The fraction of sp³-hybridized carbons (Fsp3) is 0.429. The summed E-state index contributed by atoms with van der Waals surface area (Å²) in [5.74, 6) is -0.331. The molecule has 1 rings (SSSR count). The molecule has 6 nitrogen and oxygen atoms in total. The van der Waals surface area contributed by atoms with E-state index in [0.29, 0.717) is 0 Å². The van der Waals surface area contributed by atoms with Crippen LogP contribution in [0, 0.1) is 0 Å². The lowest BCUT2D eigenvalue weighted by Crippen LogP contribution is -2.31. The molecule has 0 aliphatic rings. The number of hydrogen-bond acceptors (Lipinski definition) is 4. The number of rotatable bonds is 5. The number of nitrogens with zero attached hydrogens (tertiary/aromatic N) is 2. The third-order valence-corrected chi connectivity index (χ3v) is 3.19. The molecule has 0 aromatic carbocycles. The van der Waals surface area contributed by atoms with E-state index in [-0.39, 0.29) is 17.3 Å². The zero-order chi connectivity index (χ0) is 11.5. The molecule has 1 aromatic heterocycles. The van der Waals surface area contributed by atoms with E-state index in [4.69, 9.17) is 5.73 Å². The smallest absolute Gasteiger partial charge is 0.218 e. The number of sulfonamides is 1. The SMILES string of the molecule is Cn1cc(CNS(=O)(=O)CC(N)=S)cn1. The van der Waals surface area contributed by atoms with Gasteiger partial charge in [-0.25, -0.2) is 13.1 Å². The van der Waals surface area contributed by atoms with Crippen molar-refractivity contribution in [2.75, 3.05) is 5.75 Å². The first-order valence-electron chi connectivity index (χ1n) is 4.12. The Morgan fingerprint density at radius 3 is 2.87 bits per heavy atom. The molecule has 84 valence electrons. The molecular formula is C7H12N4O2S2. The van der Waals surface area contributed by atoms with Crippen molar-refractivity contribution in [2.45, 2.75) is 6.54 Å². The monoisotopic (exact) mass is 248 g/mol. The van der Waals surface area contributed by atoms with Crippen molar-refractivity contribution in [3.05, 3.63) is 18.0 Å². The van der Waals surface area contributed by atoms with Crippen molar-refractivity contribution in [3.8, 4) is 0 Å². The minimum absolute atomic E-state index is 0.0475. The van der Waals surface area contributed by atoms with Crippen LogP contribution in [0.4, 0.5) is 0 Å². The van der Waals surface area contributed by atoms with Gasteiger partial charge in [-0.1, -0.05) is 12.2 Å². The largest absolute Gasteiger partial charge is 0.392 e. The number of aromatic nitrogens is 2. The van der Waals surface area contributed by atoms with Crippen LogP contribution in [-0.2, 0) is 23.6 Å². The molecule has 0 amide bonds. The van der Waals surface area contributed by atoms with E-state index >= 15 is 0 Å². The van der Waals surface area contributed by atoms with Crippen LogP contribution in [0.15, 0.2) is 12.4 Å². The lowest BCUT2D eigenvalue weighted by molar-refractivity contribution is 0.585. The quantitative estimate of drug-likeness (QED) is 0.661. The van der Waals surface area contributed by atoms with Crippen molar-refractivity contribution >= 4 is 27.2 Å². The van der Waals surface area contributed by atoms with E-state index in [9.17, 15) is 8.42 Å². The van der Waals surface area contributed by atoms with Crippen LogP contribution >= 0.6 is 12.2 Å². The maximum atomic E-state index is 11.3. The molecule has 0 aliphatic heterocycles. The van der Waals surface area contributed by atoms with Gasteiger partial charge in [-0.15, -0.1) is 0 Å². The molecule has 1 aromatic rings. The van der Waals surface area contributed by atoms with Gasteiger partial charge in [-0.3, -0.25) is 4.68 Å². The van der Waals surface area contributed by atoms with Gasteiger partial charge in [0.25, 0.3) is 0 Å². The molecule has 8 heteroatoms. The highest BCUT2D eigenvalue weighted by Gasteiger charge is 2.11. The summed E-state index contributed by atoms with van der Waals surface area (Å²) in [5, 5.41) is 3.91. The summed E-state index contributed by atoms with van der Waals surface area (Å²) in [7, 11) is -1.67. The molecule has 0 fully saturated rings. The van der Waals surface area contributed by atoms with Gasteiger partial charge in [0.05, 0.1) is 11.2 Å². The summed E-state index contributed by atoms with van der Waals surface area (Å²) in [6, 6.07) is 0. The molecule has 0 unspecified atom stereocenters. The summed E-state index contributed by atoms with van der Waals surface area (Å²) >= 11 is 4.52. The van der Waals surface area contributed by atoms with Gasteiger partial charge in [0.2, 0.25) is 10.0 Å². The van der Waals surface area contributed by atoms with Crippen LogP contribution < -0.4 is 10.5 Å². The van der Waals surface area contributed by atoms with Gasteiger partial charge in [-0.2, -0.15) is 5.10 Å². The average molecular weight is 248 g/mol. The van der Waals surface area contributed by atoms with Crippen LogP contribution in [0.1, 0.15) is 5.56 Å². The van der Waals surface area contributed by atoms with Crippen molar-refractivity contribution < 1.29 is 8.42 Å². The van der Waals surface area contributed by atoms with Gasteiger partial charge in [0, 0.05) is 25.4 Å². The highest BCUT2D eigenvalue weighted by atomic mass is 32.2. The van der Waals surface area contributed by atoms with Crippen molar-refractivity contribution in [1.82, 2.24) is 14.5 Å². The Kier molecular flexibility index (Phi) is 3.77. The van der Waals surface area contributed by atoms with Crippen LogP contribution in [0.2, 0.25) is 0 Å². The maximum absolute atomic E-state index is 11.3. The minimum Gasteiger partial charge on any atom is -0.392 e. The molecule has 0 spiro atoms. The second kappa shape index (κ2) is 4.69. The van der Waals surface area contributed by atoms with Gasteiger partial charge in [0.15, 0.2) is 0 Å². The molecule has 1 heterocycles. The van der Waals surface area contributed by atoms with Crippen LogP contribution in [0.3, 0.4) is 0 Å². The molecule has 3 N–H and O–H groups in total. The standard InChI is InChI=1S/C7H12N4O2S2/c1-11-4-6(2-9-11)3-10-15(12,13)5-7(8)14/h2,4,10H,3,5H2,1H3,(H2,8,14). The predicted molar refractivity (Wildman–Crippen MR) is 60.6 cm³/mol. The predicted octanol–water partition coefficient (Wildman–Crippen LogP) is -0.874. The topological polar surface area (TPSA) is 90.0 Å². The Bertz CT molecular complexity index is 451. The first-order chi connectivity index (χ1) is 6.89. The third kappa shape index (κ3) is 4.36. The molecule has 0 saturated carbocycles. The molecule has 0 atom stereocenters. The summed E-state index contributed by atoms with van der Waals surface area (Å²) < 4.78 is 26.6. The summed E-state index contributed by atoms with van der Waals surface area (Å²) in [4.78, 5) is -0.0475. The molecule has 0 saturated heterocycles. The highest BCUT2D eigenvalue weighted by Crippen LogP contribution is 1.96. The van der Waals surface area contributed by atoms with E-state index in [2.05, 4.69) is 22.0 Å². The number of aryl methyl sites for hydroxylation is 1. The van der Waals surface area contributed by atoms with Gasteiger partial charge in [-0.05, 0) is 0 Å². The van der Waals surface area contributed by atoms with Crippen LogP contribution in [0.25, 0.3) is 0 Å². The zero-order valence-electron chi connectivity index (χ0n) is 8.17. The molecular weight excluding hydrogens is 236 g/mol. The number of hydrogen-bond donors (Lipinski definition) is 2. The molecule has 0 aliphatic carbocycles. The summed E-state index contributed by atoms with van der Waals surface area (Å²) in [6.45, 7) is 0.193. The minimum atomic E-state index is -3.42. The van der Waals surface area contributed by atoms with E-state index < -0.39 is 10.0 Å². The van der Waals surface area contributed by atoms with Crippen molar-refractivity contribution in [1.29, 1.82) is 0 Å². The van der Waals surface area contributed by atoms with Crippen molar-refractivity contribution in [2.24, 2.45) is 12.8 Å². The number of nitrogens with one attached hydrogen (secondary N) is 1. The Labute approximate surface area is 93.5 Å². The zero-order valence-corrected chi connectivity index (χ0v) is 9.81. The molecule has 0 bridgehead atoms. The second-order valence-electron chi connectivity index (χ2n) is 3.07. The number of nitrogens with two attached hydrogens (primary N) is 1. The highest BCUT2D eigenvalue weighted by molar-refractivity contribution is 7.92. The Morgan fingerprint density at radius 1 is 1.73 bits per heavy atom. The fourth-order valence-corrected chi connectivity index (χ4v) is 2.32. The van der Waals surface area contributed by atoms with Gasteiger partial charge in [0.1, 0.15) is 5.75 Å². The first kappa shape index (κ1) is 12.1. The average Bonchev–Trinajstić information content (AvgIpc) is 2.46. The molecule has 0 radical (unpaired) electrons. The van der Waals surface area contributed by atoms with E-state index in [0.717, 1.165) is 5.56 Å².